The molecule has 4 aromatic rings. The number of hydrogen-bond donors (Lipinski definition) is 3. The van der Waals surface area contributed by atoms with Crippen molar-refractivity contribution in [2.45, 2.75) is 31.2 Å². The second-order valence-electron chi connectivity index (χ2n) is 11.7. The monoisotopic (exact) mass is 681 g/mol. The number of halogens is 1. The summed E-state index contributed by atoms with van der Waals surface area (Å²) in [5.41, 5.74) is 3.21. The van der Waals surface area contributed by atoms with E-state index >= 15 is 0 Å². The van der Waals surface area contributed by atoms with Gasteiger partial charge in [-0.3, -0.25) is 24.0 Å². The Morgan fingerprint density at radius 1 is 1.08 bits per heavy atom. The SMILES string of the molecule is COC(=O)CCN1CCN(C(=O)Cn2cc(Nc3nc4c(N5CCC(CO)(c6ccc(Cl)cc6)CC5)cccn4n3)cn2)CC1.O=CO. The number of anilines is 3. The van der Waals surface area contributed by atoms with Gasteiger partial charge in [-0.25, -0.2) is 4.52 Å². The van der Waals surface area contributed by atoms with Crippen LogP contribution in [0, 0.1) is 0 Å². The lowest BCUT2D eigenvalue weighted by atomic mass is 9.73. The summed E-state index contributed by atoms with van der Waals surface area (Å²) in [7, 11) is 1.39. The van der Waals surface area contributed by atoms with E-state index < -0.39 is 0 Å². The molecular formula is C32H40ClN9O6. The number of ether oxygens (including phenoxy) is 1. The van der Waals surface area contributed by atoms with Gasteiger partial charge in [0, 0.05) is 68.6 Å². The van der Waals surface area contributed by atoms with Crippen molar-refractivity contribution in [1.29, 1.82) is 0 Å². The fourth-order valence-electron chi connectivity index (χ4n) is 6.16. The summed E-state index contributed by atoms with van der Waals surface area (Å²) in [6, 6.07) is 11.8. The van der Waals surface area contributed by atoms with Crippen LogP contribution in [0.15, 0.2) is 55.0 Å². The second kappa shape index (κ2) is 15.9. The summed E-state index contributed by atoms with van der Waals surface area (Å²) in [6.45, 7) is 4.79. The molecule has 0 unspecified atom stereocenters. The minimum absolute atomic E-state index is 0.00410. The van der Waals surface area contributed by atoms with Crippen LogP contribution in [0.25, 0.3) is 5.65 Å². The minimum Gasteiger partial charge on any atom is -0.483 e. The largest absolute Gasteiger partial charge is 0.483 e. The molecule has 3 N–H and O–H groups in total. The number of rotatable bonds is 10. The van der Waals surface area contributed by atoms with Crippen molar-refractivity contribution >= 4 is 52.9 Å². The maximum absolute atomic E-state index is 12.9. The Morgan fingerprint density at radius 2 is 1.79 bits per heavy atom. The predicted octanol–water partition coefficient (Wildman–Crippen LogP) is 2.26. The highest BCUT2D eigenvalue weighted by atomic mass is 35.5. The fraction of sp³-hybridized carbons (Fsp3) is 0.438. The van der Waals surface area contributed by atoms with Crippen LogP contribution in [0.3, 0.4) is 0 Å². The van der Waals surface area contributed by atoms with Crippen LogP contribution in [0.2, 0.25) is 5.02 Å². The average molecular weight is 682 g/mol. The summed E-state index contributed by atoms with van der Waals surface area (Å²) >= 11 is 6.10. The first-order valence-corrected chi connectivity index (χ1v) is 16.1. The van der Waals surface area contributed by atoms with E-state index in [0.717, 1.165) is 55.9 Å². The molecule has 0 spiro atoms. The number of nitrogens with zero attached hydrogens (tertiary/aromatic N) is 8. The molecule has 0 bridgehead atoms. The number of esters is 1. The first-order chi connectivity index (χ1) is 23.3. The lowest BCUT2D eigenvalue weighted by Crippen LogP contribution is -2.49. The number of carbonyl (C=O) groups is 3. The summed E-state index contributed by atoms with van der Waals surface area (Å²) in [5.74, 6) is 0.202. The lowest BCUT2D eigenvalue weighted by Gasteiger charge is -2.42. The molecule has 6 rings (SSSR count). The zero-order valence-electron chi connectivity index (χ0n) is 26.7. The molecule has 15 nitrogen and oxygen atoms in total. The van der Waals surface area contributed by atoms with Gasteiger partial charge in [-0.15, -0.1) is 5.10 Å². The van der Waals surface area contributed by atoms with Crippen molar-refractivity contribution in [1.82, 2.24) is 34.2 Å². The molecule has 3 aromatic heterocycles. The molecule has 2 aliphatic rings. The Balaban J connectivity index is 0.00000145. The van der Waals surface area contributed by atoms with Gasteiger partial charge in [0.25, 0.3) is 6.47 Å². The van der Waals surface area contributed by atoms with E-state index in [9.17, 15) is 14.7 Å². The number of pyridine rings is 1. The molecule has 0 saturated carbocycles. The molecule has 2 aliphatic heterocycles. The summed E-state index contributed by atoms with van der Waals surface area (Å²) < 4.78 is 8.07. The average Bonchev–Trinajstić information content (AvgIpc) is 3.74. The van der Waals surface area contributed by atoms with Crippen LogP contribution < -0.4 is 10.2 Å². The molecule has 1 aromatic carbocycles. The van der Waals surface area contributed by atoms with Gasteiger partial charge in [0.05, 0.1) is 37.7 Å². The number of aromatic nitrogens is 5. The van der Waals surface area contributed by atoms with Crippen LogP contribution in [0.4, 0.5) is 17.3 Å². The molecule has 16 heteroatoms. The van der Waals surface area contributed by atoms with E-state index in [1.165, 1.54) is 7.11 Å². The van der Waals surface area contributed by atoms with Gasteiger partial charge >= 0.3 is 5.97 Å². The standard InChI is InChI=1S/C31H38ClN9O4.CH2O2/c1-45-28(44)8-12-37-15-17-39(18-16-37)27(43)21-40-20-25(19-33-40)34-30-35-29-26(3-2-11-41(29)36-30)38-13-9-31(22-42,10-14-38)23-4-6-24(32)7-5-23;2-1-3/h2-7,11,19-20,42H,8-10,12-18,21-22H2,1H3,(H,34,36);1H,(H,2,3). The summed E-state index contributed by atoms with van der Waals surface area (Å²) in [5, 5.41) is 30.2. The maximum atomic E-state index is 12.9. The molecule has 48 heavy (non-hydrogen) atoms. The number of carboxylic acid groups (broad SMARTS) is 1. The van der Waals surface area contributed by atoms with E-state index in [4.69, 9.17) is 31.2 Å². The normalized spacial score (nSPS) is 16.2. The zero-order valence-corrected chi connectivity index (χ0v) is 27.5. The van der Waals surface area contributed by atoms with Crippen LogP contribution in [-0.2, 0) is 31.1 Å². The minimum atomic E-state index is -0.297. The van der Waals surface area contributed by atoms with Crippen LogP contribution in [0.1, 0.15) is 24.8 Å². The highest BCUT2D eigenvalue weighted by Crippen LogP contribution is 2.38. The van der Waals surface area contributed by atoms with Gasteiger partial charge in [-0.1, -0.05) is 23.7 Å². The van der Waals surface area contributed by atoms with E-state index in [-0.39, 0.29) is 36.9 Å². The van der Waals surface area contributed by atoms with Crippen molar-refractivity contribution in [3.8, 4) is 0 Å². The Bertz CT molecular complexity index is 1680. The van der Waals surface area contributed by atoms with Crippen molar-refractivity contribution in [2.24, 2.45) is 0 Å². The number of nitrogens with one attached hydrogen (secondary N) is 1. The van der Waals surface area contributed by atoms with E-state index in [1.54, 1.807) is 21.6 Å². The zero-order chi connectivity index (χ0) is 34.1. The molecule has 0 aliphatic carbocycles. The fourth-order valence-corrected chi connectivity index (χ4v) is 6.29. The van der Waals surface area contributed by atoms with Crippen molar-refractivity contribution in [3.05, 3.63) is 65.6 Å². The molecule has 2 saturated heterocycles. The van der Waals surface area contributed by atoms with Gasteiger partial charge in [0.2, 0.25) is 11.9 Å². The van der Waals surface area contributed by atoms with Gasteiger partial charge in [0.15, 0.2) is 5.65 Å². The number of hydrogen-bond acceptors (Lipinski definition) is 11. The van der Waals surface area contributed by atoms with Crippen molar-refractivity contribution < 1.29 is 29.3 Å². The van der Waals surface area contributed by atoms with Gasteiger partial charge in [0.1, 0.15) is 6.54 Å². The molecule has 2 fully saturated rings. The third kappa shape index (κ3) is 8.21. The first kappa shape index (κ1) is 34.6. The summed E-state index contributed by atoms with van der Waals surface area (Å²) in [4.78, 5) is 43.7. The predicted molar refractivity (Wildman–Crippen MR) is 179 cm³/mol. The highest BCUT2D eigenvalue weighted by molar-refractivity contribution is 6.30. The molecular weight excluding hydrogens is 642 g/mol. The molecule has 0 atom stereocenters. The van der Waals surface area contributed by atoms with Gasteiger partial charge in [-0.2, -0.15) is 10.1 Å². The van der Waals surface area contributed by atoms with Crippen LogP contribution >= 0.6 is 11.6 Å². The Kier molecular flexibility index (Phi) is 11.5. The van der Waals surface area contributed by atoms with Crippen molar-refractivity contribution in [3.63, 3.8) is 0 Å². The van der Waals surface area contributed by atoms with Crippen molar-refractivity contribution in [2.75, 3.05) is 69.7 Å². The highest BCUT2D eigenvalue weighted by Gasteiger charge is 2.36. The Hall–Kier alpha value is -4.73. The quantitative estimate of drug-likeness (QED) is 0.165. The summed E-state index contributed by atoms with van der Waals surface area (Å²) in [6.07, 6.45) is 7.24. The number of aliphatic hydroxyl groups excluding tert-OH is 1. The van der Waals surface area contributed by atoms with Gasteiger partial charge < -0.3 is 30.1 Å². The number of piperidine rings is 1. The molecule has 1 amide bonds. The topological polar surface area (TPSA) is 171 Å². The second-order valence-corrected chi connectivity index (χ2v) is 12.2. The molecule has 5 heterocycles. The Morgan fingerprint density at radius 3 is 2.46 bits per heavy atom. The van der Waals surface area contributed by atoms with Crippen LogP contribution in [0.5, 0.6) is 0 Å². The lowest BCUT2D eigenvalue weighted by molar-refractivity contribution is -0.141. The number of amides is 1. The maximum Gasteiger partial charge on any atom is 0.306 e. The smallest absolute Gasteiger partial charge is 0.306 e. The van der Waals surface area contributed by atoms with E-state index in [2.05, 4.69) is 25.3 Å². The number of benzene rings is 1. The van der Waals surface area contributed by atoms with Crippen LogP contribution in [-0.4, -0.2) is 122 Å². The number of fused-ring (bicyclic) bond motifs is 1. The number of carbonyl (C=O) groups excluding carboxylic acids is 2. The molecule has 0 radical (unpaired) electrons. The number of methoxy groups -OCH3 is 1. The van der Waals surface area contributed by atoms with E-state index in [0.29, 0.717) is 42.7 Å². The van der Waals surface area contributed by atoms with E-state index in [1.807, 2.05) is 47.5 Å². The third-order valence-electron chi connectivity index (χ3n) is 8.93. The number of aliphatic hydroxyl groups is 1. The number of piperazine rings is 1. The third-order valence-corrected chi connectivity index (χ3v) is 9.19. The van der Waals surface area contributed by atoms with Gasteiger partial charge in [-0.05, 0) is 42.7 Å². The molecule has 256 valence electrons. The Labute approximate surface area is 282 Å². The first-order valence-electron chi connectivity index (χ1n) is 15.7.